The fourth-order valence-electron chi connectivity index (χ4n) is 0.653. The molecule has 1 amide bonds. The minimum atomic E-state index is -0.375. The highest BCUT2D eigenvalue weighted by atomic mass is 32.1. The van der Waals surface area contributed by atoms with E-state index >= 15 is 0 Å². The van der Waals surface area contributed by atoms with Gasteiger partial charge >= 0.3 is 0 Å². The van der Waals surface area contributed by atoms with Gasteiger partial charge in [0.05, 0.1) is 5.01 Å². The van der Waals surface area contributed by atoms with Gasteiger partial charge in [0.15, 0.2) is 0 Å². The minimum Gasteiger partial charge on any atom is -0.289 e. The molecule has 0 aliphatic rings. The van der Waals surface area contributed by atoms with Gasteiger partial charge < -0.3 is 0 Å². The van der Waals surface area contributed by atoms with E-state index in [0.717, 1.165) is 5.01 Å². The summed E-state index contributed by atoms with van der Waals surface area (Å²) in [5.74, 6) is -0.375. The monoisotopic (exact) mass is 172 g/mol. The number of hydroxylamine groups is 1. The highest BCUT2D eigenvalue weighted by molar-refractivity contribution is 7.09. The molecule has 5 heteroatoms. The van der Waals surface area contributed by atoms with Crippen molar-refractivity contribution < 1.29 is 10.0 Å². The molecular weight excluding hydrogens is 164 g/mol. The van der Waals surface area contributed by atoms with Crippen LogP contribution in [0.4, 0.5) is 0 Å². The fraction of sp³-hybridized carbons (Fsp3) is 0.333. The number of rotatable bonds is 3. The Bertz CT molecular complexity index is 222. The van der Waals surface area contributed by atoms with E-state index in [9.17, 15) is 4.79 Å². The van der Waals surface area contributed by atoms with E-state index in [-0.39, 0.29) is 12.3 Å². The van der Waals surface area contributed by atoms with Crippen LogP contribution in [0.3, 0.4) is 0 Å². The van der Waals surface area contributed by atoms with Gasteiger partial charge in [0.1, 0.15) is 0 Å². The summed E-state index contributed by atoms with van der Waals surface area (Å²) in [6.45, 7) is 0. The van der Waals surface area contributed by atoms with E-state index < -0.39 is 0 Å². The van der Waals surface area contributed by atoms with E-state index in [1.165, 1.54) is 11.3 Å². The molecule has 4 nitrogen and oxygen atoms in total. The smallest absolute Gasteiger partial charge is 0.243 e. The lowest BCUT2D eigenvalue weighted by atomic mass is 10.3. The van der Waals surface area contributed by atoms with E-state index in [2.05, 4.69) is 4.98 Å². The molecule has 0 radical (unpaired) electrons. The number of nitrogens with zero attached hydrogens (tertiary/aromatic N) is 1. The van der Waals surface area contributed by atoms with E-state index in [0.29, 0.717) is 6.42 Å². The number of aryl methyl sites for hydroxylation is 1. The summed E-state index contributed by atoms with van der Waals surface area (Å²) >= 11 is 1.50. The van der Waals surface area contributed by atoms with Crippen LogP contribution in [0.5, 0.6) is 0 Å². The molecule has 0 bridgehead atoms. The van der Waals surface area contributed by atoms with Gasteiger partial charge in [-0.2, -0.15) is 0 Å². The number of aromatic nitrogens is 1. The second kappa shape index (κ2) is 4.05. The van der Waals surface area contributed by atoms with Crippen molar-refractivity contribution in [3.05, 3.63) is 16.6 Å². The average Bonchev–Trinajstić information content (AvgIpc) is 2.52. The number of hydrogen-bond donors (Lipinski definition) is 2. The third kappa shape index (κ3) is 2.65. The first-order valence-corrected chi connectivity index (χ1v) is 4.02. The SMILES string of the molecule is O=C(CCc1nccs1)NO. The summed E-state index contributed by atoms with van der Waals surface area (Å²) in [6, 6.07) is 0. The Balaban J connectivity index is 2.29. The van der Waals surface area contributed by atoms with Crippen molar-refractivity contribution in [2.75, 3.05) is 0 Å². The third-order valence-electron chi connectivity index (χ3n) is 1.17. The zero-order chi connectivity index (χ0) is 8.10. The summed E-state index contributed by atoms with van der Waals surface area (Å²) < 4.78 is 0. The highest BCUT2D eigenvalue weighted by Gasteiger charge is 2.00. The van der Waals surface area contributed by atoms with Crippen molar-refractivity contribution >= 4 is 17.2 Å². The predicted molar refractivity (Wildman–Crippen MR) is 40.4 cm³/mol. The van der Waals surface area contributed by atoms with Gasteiger partial charge in [0, 0.05) is 24.4 Å². The topological polar surface area (TPSA) is 62.2 Å². The first-order valence-electron chi connectivity index (χ1n) is 3.14. The Morgan fingerprint density at radius 2 is 2.64 bits per heavy atom. The van der Waals surface area contributed by atoms with Crippen LogP contribution in [0, 0.1) is 0 Å². The molecule has 1 aromatic rings. The lowest BCUT2D eigenvalue weighted by Gasteiger charge is -1.94. The third-order valence-corrected chi connectivity index (χ3v) is 2.01. The molecule has 0 atom stereocenters. The summed E-state index contributed by atoms with van der Waals surface area (Å²) in [6.07, 6.45) is 2.56. The lowest BCUT2D eigenvalue weighted by molar-refractivity contribution is -0.129. The number of thiazole rings is 1. The molecular formula is C6H8N2O2S. The second-order valence-electron chi connectivity index (χ2n) is 1.96. The first kappa shape index (κ1) is 8.16. The molecule has 0 aliphatic carbocycles. The molecule has 1 heterocycles. The summed E-state index contributed by atoms with van der Waals surface area (Å²) in [7, 11) is 0. The number of nitrogens with one attached hydrogen (secondary N) is 1. The number of carbonyl (C=O) groups excluding carboxylic acids is 1. The Labute approximate surface area is 67.8 Å². The van der Waals surface area contributed by atoms with Crippen molar-refractivity contribution in [1.82, 2.24) is 10.5 Å². The Morgan fingerprint density at radius 1 is 1.82 bits per heavy atom. The van der Waals surface area contributed by atoms with Gasteiger partial charge in [-0.3, -0.25) is 10.0 Å². The van der Waals surface area contributed by atoms with Crippen LogP contribution in [0.2, 0.25) is 0 Å². The van der Waals surface area contributed by atoms with Crippen LogP contribution in [-0.2, 0) is 11.2 Å². The maximum Gasteiger partial charge on any atom is 0.243 e. The molecule has 60 valence electrons. The fourth-order valence-corrected chi connectivity index (χ4v) is 1.27. The van der Waals surface area contributed by atoms with Crippen molar-refractivity contribution in [2.45, 2.75) is 12.8 Å². The molecule has 0 spiro atoms. The molecule has 0 aromatic carbocycles. The van der Waals surface area contributed by atoms with Gasteiger partial charge in [-0.05, 0) is 0 Å². The molecule has 1 rings (SSSR count). The van der Waals surface area contributed by atoms with Crippen molar-refractivity contribution in [3.63, 3.8) is 0 Å². The molecule has 0 saturated heterocycles. The van der Waals surface area contributed by atoms with Crippen molar-refractivity contribution in [3.8, 4) is 0 Å². The number of amides is 1. The highest BCUT2D eigenvalue weighted by Crippen LogP contribution is 2.05. The van der Waals surface area contributed by atoms with Crippen LogP contribution in [-0.4, -0.2) is 16.1 Å². The Hall–Kier alpha value is -0.940. The first-order chi connectivity index (χ1) is 5.33. The summed E-state index contributed by atoms with van der Waals surface area (Å²) in [5.41, 5.74) is 1.57. The van der Waals surface area contributed by atoms with E-state index in [1.807, 2.05) is 5.38 Å². The van der Waals surface area contributed by atoms with Crippen LogP contribution in [0.1, 0.15) is 11.4 Å². The maximum absolute atomic E-state index is 10.5. The maximum atomic E-state index is 10.5. The Morgan fingerprint density at radius 3 is 3.18 bits per heavy atom. The van der Waals surface area contributed by atoms with Gasteiger partial charge in [-0.25, -0.2) is 10.5 Å². The van der Waals surface area contributed by atoms with Gasteiger partial charge in [-0.15, -0.1) is 11.3 Å². The van der Waals surface area contributed by atoms with Gasteiger partial charge in [0.2, 0.25) is 5.91 Å². The normalized spacial score (nSPS) is 9.55. The van der Waals surface area contributed by atoms with Crippen molar-refractivity contribution in [2.24, 2.45) is 0 Å². The quantitative estimate of drug-likeness (QED) is 0.518. The van der Waals surface area contributed by atoms with E-state index in [4.69, 9.17) is 5.21 Å². The summed E-state index contributed by atoms with van der Waals surface area (Å²) in [4.78, 5) is 14.5. The zero-order valence-corrected chi connectivity index (χ0v) is 6.60. The average molecular weight is 172 g/mol. The molecule has 1 aromatic heterocycles. The van der Waals surface area contributed by atoms with Crippen LogP contribution >= 0.6 is 11.3 Å². The lowest BCUT2D eigenvalue weighted by Crippen LogP contribution is -2.18. The standard InChI is InChI=1S/C6H8N2O2S/c9-5(8-10)1-2-6-7-3-4-11-6/h3-4,10H,1-2H2,(H,8,9). The van der Waals surface area contributed by atoms with Crippen LogP contribution in [0.15, 0.2) is 11.6 Å². The van der Waals surface area contributed by atoms with Crippen LogP contribution in [0.25, 0.3) is 0 Å². The van der Waals surface area contributed by atoms with E-state index in [1.54, 1.807) is 11.7 Å². The zero-order valence-electron chi connectivity index (χ0n) is 5.78. The number of hydrogen-bond acceptors (Lipinski definition) is 4. The largest absolute Gasteiger partial charge is 0.289 e. The van der Waals surface area contributed by atoms with Gasteiger partial charge in [-0.1, -0.05) is 0 Å². The van der Waals surface area contributed by atoms with Crippen LogP contribution < -0.4 is 5.48 Å². The molecule has 0 aliphatic heterocycles. The minimum absolute atomic E-state index is 0.282. The van der Waals surface area contributed by atoms with Gasteiger partial charge in [0.25, 0.3) is 0 Å². The molecule has 11 heavy (non-hydrogen) atoms. The number of carbonyl (C=O) groups is 1. The molecule has 0 fully saturated rings. The second-order valence-corrected chi connectivity index (χ2v) is 2.94. The Kier molecular flexibility index (Phi) is 3.00. The molecule has 0 saturated carbocycles. The molecule has 0 unspecified atom stereocenters. The summed E-state index contributed by atoms with van der Waals surface area (Å²) in [5, 5.41) is 10.9. The molecule has 2 N–H and O–H groups in total. The van der Waals surface area contributed by atoms with Crippen molar-refractivity contribution in [1.29, 1.82) is 0 Å². The predicted octanol–water partition coefficient (Wildman–Crippen LogP) is 0.581.